The highest BCUT2D eigenvalue weighted by molar-refractivity contribution is 9.09. The van der Waals surface area contributed by atoms with Gasteiger partial charge in [-0.3, -0.25) is 19.1 Å². The van der Waals surface area contributed by atoms with E-state index in [1.54, 1.807) is 0 Å². The van der Waals surface area contributed by atoms with E-state index in [1.807, 2.05) is 0 Å². The molecule has 2 unspecified atom stereocenters. The van der Waals surface area contributed by atoms with Crippen LogP contribution in [0.3, 0.4) is 0 Å². The first-order valence-corrected chi connectivity index (χ1v) is 6.74. The third-order valence-corrected chi connectivity index (χ3v) is 3.98. The Labute approximate surface area is 121 Å². The third-order valence-electron chi connectivity index (χ3n) is 2.87. The van der Waals surface area contributed by atoms with E-state index in [9.17, 15) is 19.5 Å². The number of ether oxygens (including phenoxy) is 2. The number of aliphatic hydroxyl groups is 1. The molecule has 1 fully saturated rings. The summed E-state index contributed by atoms with van der Waals surface area (Å²) in [5, 5.41) is 9.23. The van der Waals surface area contributed by atoms with E-state index in [1.165, 1.54) is 13.1 Å². The summed E-state index contributed by atoms with van der Waals surface area (Å²) in [4.78, 5) is 35.6. The van der Waals surface area contributed by atoms with E-state index >= 15 is 0 Å². The van der Waals surface area contributed by atoms with Gasteiger partial charge in [0.2, 0.25) is 0 Å². The number of nitrogens with one attached hydrogen (secondary N) is 1. The van der Waals surface area contributed by atoms with Crippen molar-refractivity contribution in [3.63, 3.8) is 0 Å². The fraction of sp³-hybridized carbons (Fsp3) is 0.545. The van der Waals surface area contributed by atoms with E-state index in [2.05, 4.69) is 20.9 Å². The van der Waals surface area contributed by atoms with Gasteiger partial charge in [-0.1, -0.05) is 15.9 Å². The molecule has 1 aromatic heterocycles. The first kappa shape index (κ1) is 14.9. The summed E-state index contributed by atoms with van der Waals surface area (Å²) in [6.45, 7) is 0.932. The van der Waals surface area contributed by atoms with Crippen molar-refractivity contribution in [2.24, 2.45) is 0 Å². The molecule has 0 bridgehead atoms. The molecule has 2 heterocycles. The molecular weight excluding hydrogens is 336 g/mol. The molecule has 0 radical (unpaired) electrons. The average molecular weight is 349 g/mol. The highest BCUT2D eigenvalue weighted by Crippen LogP contribution is 2.35. The maximum absolute atomic E-state index is 11.8. The monoisotopic (exact) mass is 348 g/mol. The number of carbonyl (C=O) groups excluding carboxylic acids is 1. The van der Waals surface area contributed by atoms with Crippen molar-refractivity contribution >= 4 is 21.9 Å². The maximum Gasteiger partial charge on any atom is 0.330 e. The Morgan fingerprint density at radius 2 is 2.30 bits per heavy atom. The molecule has 20 heavy (non-hydrogen) atoms. The highest BCUT2D eigenvalue weighted by atomic mass is 79.9. The fourth-order valence-electron chi connectivity index (χ4n) is 2.01. The number of aliphatic hydroxyl groups excluding tert-OH is 1. The van der Waals surface area contributed by atoms with Gasteiger partial charge in [-0.25, -0.2) is 4.79 Å². The Kier molecular flexibility index (Phi) is 4.41. The molecule has 9 heteroatoms. The number of rotatable bonds is 3. The van der Waals surface area contributed by atoms with Gasteiger partial charge in [-0.2, -0.15) is 0 Å². The molecule has 110 valence electrons. The number of nitrogens with zero attached hydrogens (tertiary/aromatic N) is 1. The van der Waals surface area contributed by atoms with Crippen LogP contribution in [0.1, 0.15) is 13.2 Å². The molecule has 0 spiro atoms. The lowest BCUT2D eigenvalue weighted by Gasteiger charge is -2.21. The zero-order valence-electron chi connectivity index (χ0n) is 10.5. The number of aromatic nitrogens is 2. The fourth-order valence-corrected chi connectivity index (χ4v) is 2.67. The van der Waals surface area contributed by atoms with Gasteiger partial charge in [-0.05, 0) is 0 Å². The van der Waals surface area contributed by atoms with Crippen molar-refractivity contribution in [2.45, 2.75) is 30.2 Å². The number of esters is 1. The molecule has 1 aliphatic heterocycles. The first-order chi connectivity index (χ1) is 9.43. The van der Waals surface area contributed by atoms with Crippen LogP contribution in [0.4, 0.5) is 0 Å². The predicted octanol–water partition coefficient (Wildman–Crippen LogP) is -0.878. The van der Waals surface area contributed by atoms with Gasteiger partial charge in [0.25, 0.3) is 5.56 Å². The maximum atomic E-state index is 11.8. The van der Waals surface area contributed by atoms with Gasteiger partial charge in [0.15, 0.2) is 12.3 Å². The van der Waals surface area contributed by atoms with Gasteiger partial charge >= 0.3 is 11.7 Å². The topological polar surface area (TPSA) is 111 Å². The SMILES string of the molecule is CC(=O)OC1C(Br)[C@H](CO)O[C@@H]1n1ccc(=O)[nH]c1=O. The van der Waals surface area contributed by atoms with Crippen LogP contribution in [0.15, 0.2) is 21.9 Å². The van der Waals surface area contributed by atoms with Gasteiger partial charge in [0.1, 0.15) is 0 Å². The van der Waals surface area contributed by atoms with Crippen LogP contribution in [0, 0.1) is 0 Å². The van der Waals surface area contributed by atoms with Crippen molar-refractivity contribution in [3.8, 4) is 0 Å². The molecule has 1 saturated heterocycles. The number of carbonyl (C=O) groups is 1. The van der Waals surface area contributed by atoms with Gasteiger partial charge in [0.05, 0.1) is 17.5 Å². The summed E-state index contributed by atoms with van der Waals surface area (Å²) in [7, 11) is 0. The predicted molar refractivity (Wildman–Crippen MR) is 70.6 cm³/mol. The molecule has 1 aromatic rings. The number of hydrogen-bond acceptors (Lipinski definition) is 6. The molecule has 0 aromatic carbocycles. The first-order valence-electron chi connectivity index (χ1n) is 5.83. The summed E-state index contributed by atoms with van der Waals surface area (Å²) >= 11 is 3.29. The Bertz CT molecular complexity index is 611. The van der Waals surface area contributed by atoms with E-state index in [4.69, 9.17) is 9.47 Å². The largest absolute Gasteiger partial charge is 0.456 e. The second-order valence-electron chi connectivity index (χ2n) is 4.28. The van der Waals surface area contributed by atoms with Crippen LogP contribution in [0.25, 0.3) is 0 Å². The quantitative estimate of drug-likeness (QED) is 0.542. The zero-order valence-corrected chi connectivity index (χ0v) is 12.1. The third kappa shape index (κ3) is 2.84. The summed E-state index contributed by atoms with van der Waals surface area (Å²) in [6.07, 6.45) is -1.11. The second kappa shape index (κ2) is 5.90. The summed E-state index contributed by atoms with van der Waals surface area (Å²) < 4.78 is 11.8. The van der Waals surface area contributed by atoms with Crippen LogP contribution >= 0.6 is 15.9 Å². The molecule has 1 aliphatic rings. The second-order valence-corrected chi connectivity index (χ2v) is 5.34. The Morgan fingerprint density at radius 3 is 2.85 bits per heavy atom. The van der Waals surface area contributed by atoms with E-state index in [0.717, 1.165) is 10.6 Å². The van der Waals surface area contributed by atoms with E-state index in [0.29, 0.717) is 0 Å². The average Bonchev–Trinajstić information content (AvgIpc) is 2.66. The Morgan fingerprint density at radius 1 is 1.60 bits per heavy atom. The summed E-state index contributed by atoms with van der Waals surface area (Å²) in [5.41, 5.74) is -1.22. The van der Waals surface area contributed by atoms with Crippen molar-refractivity contribution in [1.82, 2.24) is 9.55 Å². The van der Waals surface area contributed by atoms with Gasteiger partial charge in [-0.15, -0.1) is 0 Å². The molecule has 4 atom stereocenters. The number of hydrogen-bond donors (Lipinski definition) is 2. The van der Waals surface area contributed by atoms with Crippen LogP contribution in [0.5, 0.6) is 0 Å². The lowest BCUT2D eigenvalue weighted by Crippen LogP contribution is -2.38. The summed E-state index contributed by atoms with van der Waals surface area (Å²) in [6, 6.07) is 1.16. The molecule has 0 aliphatic carbocycles. The molecular formula is C11H13BrN2O6. The zero-order chi connectivity index (χ0) is 14.9. The standard InChI is InChI=1S/C11H13BrN2O6/c1-5(16)19-9-8(12)6(4-15)20-10(9)14-3-2-7(17)13-11(14)18/h2-3,6,8-10,15H,4H2,1H3,(H,13,17,18)/t6-,8?,9?,10-/m0/s1. The molecule has 0 amide bonds. The van der Waals surface area contributed by atoms with Crippen LogP contribution < -0.4 is 11.2 Å². The molecule has 2 rings (SSSR count). The van der Waals surface area contributed by atoms with Crippen molar-refractivity contribution in [1.29, 1.82) is 0 Å². The minimum atomic E-state index is -0.926. The smallest absolute Gasteiger partial charge is 0.330 e. The molecule has 0 saturated carbocycles. The lowest BCUT2D eigenvalue weighted by atomic mass is 10.2. The van der Waals surface area contributed by atoms with Crippen molar-refractivity contribution < 1.29 is 19.4 Å². The Hall–Kier alpha value is -1.45. The number of alkyl halides is 1. The lowest BCUT2D eigenvalue weighted by molar-refractivity contribution is -0.152. The Balaban J connectivity index is 2.39. The van der Waals surface area contributed by atoms with Gasteiger partial charge < -0.3 is 14.6 Å². The number of halogens is 1. The van der Waals surface area contributed by atoms with Crippen LogP contribution in [-0.2, 0) is 14.3 Å². The number of H-pyrrole nitrogens is 1. The minimum Gasteiger partial charge on any atom is -0.456 e. The van der Waals surface area contributed by atoms with Crippen molar-refractivity contribution in [3.05, 3.63) is 33.1 Å². The van der Waals surface area contributed by atoms with E-state index in [-0.39, 0.29) is 6.61 Å². The molecule has 8 nitrogen and oxygen atoms in total. The normalized spacial score (nSPS) is 29.4. The summed E-state index contributed by atoms with van der Waals surface area (Å²) in [5.74, 6) is -0.538. The highest BCUT2D eigenvalue weighted by Gasteiger charge is 2.46. The molecule has 2 N–H and O–H groups in total. The van der Waals surface area contributed by atoms with Crippen molar-refractivity contribution in [2.75, 3.05) is 6.61 Å². The van der Waals surface area contributed by atoms with Crippen LogP contribution in [-0.4, -0.2) is 44.3 Å². The van der Waals surface area contributed by atoms with Gasteiger partial charge in [0, 0.05) is 19.2 Å². The number of aromatic amines is 1. The minimum absolute atomic E-state index is 0.303. The van der Waals surface area contributed by atoms with E-state index < -0.39 is 40.5 Å². The van der Waals surface area contributed by atoms with Crippen LogP contribution in [0.2, 0.25) is 0 Å².